The van der Waals surface area contributed by atoms with Gasteiger partial charge in [-0.25, -0.2) is 4.98 Å². The first kappa shape index (κ1) is 21.3. The number of likely N-dealkylation sites (tertiary alicyclic amines) is 1. The van der Waals surface area contributed by atoms with Crippen LogP contribution in [-0.4, -0.2) is 45.2 Å². The molecule has 3 rings (SSSR count). The topological polar surface area (TPSA) is 73.7 Å². The molecule has 11 heteroatoms. The molecule has 0 saturated carbocycles. The maximum Gasteiger partial charge on any atom is 0.433 e. The molecule has 0 spiro atoms. The Labute approximate surface area is 160 Å². The average molecular weight is 422 g/mol. The number of carboxylic acids is 1. The predicted molar refractivity (Wildman–Crippen MR) is 88.9 cm³/mol. The molecule has 1 fully saturated rings. The Morgan fingerprint density at radius 1 is 1.21 bits per heavy atom. The van der Waals surface area contributed by atoms with E-state index in [0.717, 1.165) is 12.1 Å². The zero-order chi connectivity index (χ0) is 21.6. The van der Waals surface area contributed by atoms with Gasteiger partial charge in [-0.3, -0.25) is 9.69 Å². The largest absolute Gasteiger partial charge is 0.480 e. The monoisotopic (exact) mass is 422 g/mol. The molecule has 0 radical (unpaired) electrons. The van der Waals surface area contributed by atoms with Crippen molar-refractivity contribution >= 4 is 16.9 Å². The van der Waals surface area contributed by atoms with E-state index in [1.807, 2.05) is 0 Å². The Hall–Kier alpha value is -2.40. The quantitative estimate of drug-likeness (QED) is 0.733. The maximum absolute atomic E-state index is 13.3. The van der Waals surface area contributed by atoms with Gasteiger partial charge in [0.2, 0.25) is 0 Å². The fourth-order valence-corrected chi connectivity index (χ4v) is 3.57. The van der Waals surface area contributed by atoms with Crippen molar-refractivity contribution in [2.45, 2.75) is 37.3 Å². The number of fused-ring (bicyclic) bond motifs is 1. The summed E-state index contributed by atoms with van der Waals surface area (Å²) in [6.45, 7) is -0.0272. The van der Waals surface area contributed by atoms with Crippen LogP contribution in [-0.2, 0) is 17.1 Å². The fourth-order valence-electron chi connectivity index (χ4n) is 3.57. The minimum atomic E-state index is -5.03. The Balaban J connectivity index is 2.12. The molecule has 2 heterocycles. The Morgan fingerprint density at radius 2 is 1.90 bits per heavy atom. The predicted octanol–water partition coefficient (Wildman–Crippen LogP) is 3.85. The van der Waals surface area contributed by atoms with Crippen molar-refractivity contribution < 1.29 is 41.4 Å². The van der Waals surface area contributed by atoms with Crippen molar-refractivity contribution in [1.82, 2.24) is 9.88 Å². The minimum absolute atomic E-state index is 0.272. The van der Waals surface area contributed by atoms with Gasteiger partial charge in [-0.1, -0.05) is 12.1 Å². The van der Waals surface area contributed by atoms with Crippen molar-refractivity contribution in [3.05, 3.63) is 41.1 Å². The number of β-amino-alcohol motifs (C(OH)–C–C–N with tert-alkyl or cyclic N) is 1. The molecule has 1 aromatic carbocycles. The molecule has 1 saturated heterocycles. The Kier molecular flexibility index (Phi) is 5.48. The van der Waals surface area contributed by atoms with Crippen molar-refractivity contribution in [2.75, 3.05) is 13.1 Å². The van der Waals surface area contributed by atoms with Gasteiger partial charge in [-0.2, -0.15) is 26.3 Å². The second kappa shape index (κ2) is 7.45. The second-order valence-electron chi connectivity index (χ2n) is 6.80. The summed E-state index contributed by atoms with van der Waals surface area (Å²) in [4.78, 5) is 15.8. The number of nitrogens with zero attached hydrogens (tertiary/aromatic N) is 2. The summed E-state index contributed by atoms with van der Waals surface area (Å²) < 4.78 is 79.6. The number of hydrogen-bond acceptors (Lipinski definition) is 4. The van der Waals surface area contributed by atoms with Gasteiger partial charge >= 0.3 is 18.3 Å². The number of aliphatic carboxylic acids is 1. The average Bonchev–Trinajstić information content (AvgIpc) is 3.06. The highest BCUT2D eigenvalue weighted by Gasteiger charge is 2.39. The number of carboxylic acid groups (broad SMARTS) is 1. The molecule has 0 aliphatic carbocycles. The molecule has 1 aliphatic heterocycles. The van der Waals surface area contributed by atoms with E-state index in [0.29, 0.717) is 31.5 Å². The third-order valence-electron chi connectivity index (χ3n) is 4.88. The number of rotatable bonds is 4. The van der Waals surface area contributed by atoms with Crippen LogP contribution in [0.2, 0.25) is 0 Å². The molecule has 1 aliphatic rings. The first-order valence-electron chi connectivity index (χ1n) is 8.62. The zero-order valence-electron chi connectivity index (χ0n) is 14.8. The third kappa shape index (κ3) is 4.30. The summed E-state index contributed by atoms with van der Waals surface area (Å²) in [5.41, 5.74) is -4.21. The first-order valence-corrected chi connectivity index (χ1v) is 8.62. The molecule has 2 atom stereocenters. The molecule has 158 valence electrons. The highest BCUT2D eigenvalue weighted by atomic mass is 19.4. The van der Waals surface area contributed by atoms with E-state index in [1.54, 1.807) is 0 Å². The number of para-hydroxylation sites is 1. The maximum atomic E-state index is 13.3. The number of hydrogen-bond donors (Lipinski definition) is 2. The third-order valence-corrected chi connectivity index (χ3v) is 4.88. The molecule has 2 N–H and O–H groups in total. The van der Waals surface area contributed by atoms with Crippen LogP contribution in [0.4, 0.5) is 26.3 Å². The normalized spacial score (nSPS) is 19.6. The van der Waals surface area contributed by atoms with E-state index < -0.39 is 47.2 Å². The molecular weight excluding hydrogens is 406 g/mol. The number of aromatic nitrogens is 1. The van der Waals surface area contributed by atoms with Gasteiger partial charge in [0.25, 0.3) is 0 Å². The molecule has 2 aromatic rings. The molecular formula is C18H16F6N2O3. The van der Waals surface area contributed by atoms with Crippen LogP contribution in [0.25, 0.3) is 10.9 Å². The van der Waals surface area contributed by atoms with Gasteiger partial charge in [-0.05, 0) is 37.1 Å². The SMILES string of the molecule is O=C(O)C1CCCN1CC(O)c1cc(C(F)(F)F)nc2c(C(F)(F)F)cccc12. The van der Waals surface area contributed by atoms with Gasteiger partial charge < -0.3 is 10.2 Å². The van der Waals surface area contributed by atoms with Crippen molar-refractivity contribution in [1.29, 1.82) is 0 Å². The number of benzene rings is 1. The lowest BCUT2D eigenvalue weighted by atomic mass is 9.99. The van der Waals surface area contributed by atoms with Crippen molar-refractivity contribution in [2.24, 2.45) is 0 Å². The molecule has 1 aromatic heterocycles. The number of aliphatic hydroxyl groups excluding tert-OH is 1. The standard InChI is InChI=1S/C18H16F6N2O3/c19-17(20,21)11-4-1-3-9-10(7-14(18(22,23)24)25-15(9)11)13(27)8-26-6-2-5-12(26)16(28)29/h1,3-4,7,12-13,27H,2,5-6,8H2,(H,28,29). The summed E-state index contributed by atoms with van der Waals surface area (Å²) in [5.74, 6) is -1.13. The number of carbonyl (C=O) groups is 1. The van der Waals surface area contributed by atoms with Gasteiger partial charge in [-0.15, -0.1) is 0 Å². The van der Waals surface area contributed by atoms with Crippen molar-refractivity contribution in [3.8, 4) is 0 Å². The van der Waals surface area contributed by atoms with Crippen LogP contribution in [0.1, 0.15) is 35.8 Å². The van der Waals surface area contributed by atoms with Crippen LogP contribution in [0.5, 0.6) is 0 Å². The van der Waals surface area contributed by atoms with Gasteiger partial charge in [0, 0.05) is 11.9 Å². The molecule has 29 heavy (non-hydrogen) atoms. The van der Waals surface area contributed by atoms with E-state index in [-0.39, 0.29) is 17.5 Å². The van der Waals surface area contributed by atoms with Crippen LogP contribution in [0.15, 0.2) is 24.3 Å². The smallest absolute Gasteiger partial charge is 0.433 e. The number of alkyl halides is 6. The summed E-state index contributed by atoms with van der Waals surface area (Å²) >= 11 is 0. The summed E-state index contributed by atoms with van der Waals surface area (Å²) in [7, 11) is 0. The highest BCUT2D eigenvalue weighted by Crippen LogP contribution is 2.39. The first-order chi connectivity index (χ1) is 13.4. The van der Waals surface area contributed by atoms with E-state index >= 15 is 0 Å². The fraction of sp³-hybridized carbons (Fsp3) is 0.444. The van der Waals surface area contributed by atoms with Gasteiger partial charge in [0.05, 0.1) is 17.2 Å². The van der Waals surface area contributed by atoms with Gasteiger partial charge in [0.1, 0.15) is 11.7 Å². The molecule has 2 unspecified atom stereocenters. The Bertz CT molecular complexity index is 928. The Morgan fingerprint density at radius 3 is 2.48 bits per heavy atom. The second-order valence-corrected chi connectivity index (χ2v) is 6.80. The van der Waals surface area contributed by atoms with E-state index in [9.17, 15) is 41.4 Å². The lowest BCUT2D eigenvalue weighted by Crippen LogP contribution is -2.38. The van der Waals surface area contributed by atoms with E-state index in [4.69, 9.17) is 0 Å². The van der Waals surface area contributed by atoms with Crippen LogP contribution in [0, 0.1) is 0 Å². The van der Waals surface area contributed by atoms with Gasteiger partial charge in [0.15, 0.2) is 0 Å². The molecule has 5 nitrogen and oxygen atoms in total. The van der Waals surface area contributed by atoms with Crippen LogP contribution in [0.3, 0.4) is 0 Å². The summed E-state index contributed by atoms with van der Waals surface area (Å²) in [6, 6.07) is 2.39. The molecule has 0 bridgehead atoms. The van der Waals surface area contributed by atoms with E-state index in [2.05, 4.69) is 4.98 Å². The lowest BCUT2D eigenvalue weighted by molar-refractivity contribution is -0.142. The summed E-state index contributed by atoms with van der Waals surface area (Å²) in [6.07, 6.45) is -10.8. The zero-order valence-corrected chi connectivity index (χ0v) is 14.8. The van der Waals surface area contributed by atoms with Crippen LogP contribution >= 0.6 is 0 Å². The molecule has 0 amide bonds. The van der Waals surface area contributed by atoms with Crippen LogP contribution < -0.4 is 0 Å². The van der Waals surface area contributed by atoms with Crippen molar-refractivity contribution in [3.63, 3.8) is 0 Å². The van der Waals surface area contributed by atoms with E-state index in [1.165, 1.54) is 4.90 Å². The lowest BCUT2D eigenvalue weighted by Gasteiger charge is -2.25. The summed E-state index contributed by atoms with van der Waals surface area (Å²) in [5, 5.41) is 19.5. The number of pyridine rings is 1. The highest BCUT2D eigenvalue weighted by molar-refractivity contribution is 5.86. The minimum Gasteiger partial charge on any atom is -0.480 e. The number of aliphatic hydroxyl groups is 1. The number of halogens is 6.